The molecule has 0 radical (unpaired) electrons. The molecule has 1 aromatic carbocycles. The van der Waals surface area contributed by atoms with Gasteiger partial charge in [-0.1, -0.05) is 6.92 Å². The summed E-state index contributed by atoms with van der Waals surface area (Å²) in [6, 6.07) is 3.59. The molecule has 164 valence electrons. The van der Waals surface area contributed by atoms with Crippen molar-refractivity contribution in [2.45, 2.75) is 57.9 Å². The maximum Gasteiger partial charge on any atom is 0.343 e. The number of fused-ring (bicyclic) bond motifs is 6. The van der Waals surface area contributed by atoms with Crippen LogP contribution in [-0.4, -0.2) is 20.6 Å². The molecule has 32 heavy (non-hydrogen) atoms. The highest BCUT2D eigenvalue weighted by Crippen LogP contribution is 2.41. The van der Waals surface area contributed by atoms with Crippen molar-refractivity contribution in [2.24, 2.45) is 5.73 Å². The first-order valence-corrected chi connectivity index (χ1v) is 10.9. The van der Waals surface area contributed by atoms with Crippen molar-refractivity contribution in [2.75, 3.05) is 0 Å². The Morgan fingerprint density at radius 3 is 2.81 bits per heavy atom. The van der Waals surface area contributed by atoms with Crippen molar-refractivity contribution in [1.29, 1.82) is 0 Å². The van der Waals surface area contributed by atoms with E-state index in [1.165, 1.54) is 0 Å². The Bertz CT molecular complexity index is 1430. The molecule has 0 spiro atoms. The number of carbonyl (C=O) groups excluding carboxylic acids is 1. The molecular formula is C24H22FN3O4. The Morgan fingerprint density at radius 2 is 2.06 bits per heavy atom. The molecular weight excluding hydrogens is 413 g/mol. The average Bonchev–Trinajstić information content (AvgIpc) is 3.40. The van der Waals surface area contributed by atoms with Gasteiger partial charge in [0, 0.05) is 23.1 Å². The molecule has 3 aromatic rings. The van der Waals surface area contributed by atoms with E-state index in [4.69, 9.17) is 15.5 Å². The third-order valence-electron chi connectivity index (χ3n) is 7.30. The van der Waals surface area contributed by atoms with E-state index >= 15 is 4.39 Å². The molecule has 8 heteroatoms. The highest BCUT2D eigenvalue weighted by Gasteiger charge is 2.45. The van der Waals surface area contributed by atoms with Crippen LogP contribution in [0.25, 0.3) is 22.3 Å². The summed E-state index contributed by atoms with van der Waals surface area (Å²) in [6.07, 6.45) is 2.50. The van der Waals surface area contributed by atoms with Crippen LogP contribution in [0, 0.1) is 5.82 Å². The first-order chi connectivity index (χ1) is 15.4. The van der Waals surface area contributed by atoms with E-state index < -0.39 is 11.6 Å². The lowest BCUT2D eigenvalue weighted by atomic mass is 9.86. The fraction of sp³-hybridized carbons (Fsp3) is 0.375. The standard InChI is InChI=1S/C24H22FN3O4/c1-2-24(31)16-7-18-21-14(9-28(18)22(29)15(16)10-32-23(24)30)13(8-26)19-17(27-21)6-11-4-3-5-12(11)20(19)25/h6-7,31H,2-5,8-10,26H2,1H3/t24-/m0/s1. The number of cyclic esters (lactones) is 1. The van der Waals surface area contributed by atoms with Crippen LogP contribution in [0.15, 0.2) is 16.9 Å². The van der Waals surface area contributed by atoms with Crippen LogP contribution in [0.4, 0.5) is 4.39 Å². The number of nitrogens with two attached hydrogens (primary N) is 1. The number of aromatic nitrogens is 2. The third-order valence-corrected chi connectivity index (χ3v) is 7.30. The van der Waals surface area contributed by atoms with Gasteiger partial charge >= 0.3 is 5.97 Å². The number of hydrogen-bond acceptors (Lipinski definition) is 6. The largest absolute Gasteiger partial charge is 0.458 e. The number of nitrogens with zero attached hydrogens (tertiary/aromatic N) is 2. The highest BCUT2D eigenvalue weighted by molar-refractivity contribution is 5.90. The van der Waals surface area contributed by atoms with E-state index in [-0.39, 0.29) is 48.6 Å². The number of carbonyl (C=O) groups is 1. The topological polar surface area (TPSA) is 107 Å². The Hall–Kier alpha value is -3.10. The molecule has 0 bridgehead atoms. The minimum atomic E-state index is -1.88. The van der Waals surface area contributed by atoms with Gasteiger partial charge in [0.25, 0.3) is 5.56 Å². The number of ether oxygens (including phenoxy) is 1. The second kappa shape index (κ2) is 6.46. The molecule has 0 amide bonds. The number of halogens is 1. The Morgan fingerprint density at radius 1 is 1.25 bits per heavy atom. The molecule has 0 saturated carbocycles. The second-order valence-electron chi connectivity index (χ2n) is 8.80. The number of hydrogen-bond donors (Lipinski definition) is 2. The van der Waals surface area contributed by atoms with E-state index in [1.807, 2.05) is 6.07 Å². The van der Waals surface area contributed by atoms with Gasteiger partial charge in [-0.15, -0.1) is 0 Å². The monoisotopic (exact) mass is 435 g/mol. The average molecular weight is 435 g/mol. The van der Waals surface area contributed by atoms with Gasteiger partial charge in [0.15, 0.2) is 5.60 Å². The lowest BCUT2D eigenvalue weighted by Crippen LogP contribution is -2.44. The van der Waals surface area contributed by atoms with Crippen molar-refractivity contribution < 1.29 is 19.0 Å². The maximum absolute atomic E-state index is 15.5. The first kappa shape index (κ1) is 19.6. The zero-order valence-corrected chi connectivity index (χ0v) is 17.6. The van der Waals surface area contributed by atoms with Gasteiger partial charge in [-0.05, 0) is 54.5 Å². The Kier molecular flexibility index (Phi) is 3.95. The van der Waals surface area contributed by atoms with Gasteiger partial charge in [0.2, 0.25) is 0 Å². The zero-order chi connectivity index (χ0) is 22.4. The van der Waals surface area contributed by atoms with Gasteiger partial charge in [0.1, 0.15) is 12.4 Å². The fourth-order valence-electron chi connectivity index (χ4n) is 5.55. The Labute approximate surface area is 182 Å². The summed E-state index contributed by atoms with van der Waals surface area (Å²) in [5.41, 5.74) is 9.02. The number of aliphatic hydroxyl groups is 1. The van der Waals surface area contributed by atoms with Gasteiger partial charge in [-0.3, -0.25) is 4.79 Å². The van der Waals surface area contributed by atoms with E-state index in [0.29, 0.717) is 39.8 Å². The van der Waals surface area contributed by atoms with E-state index in [1.54, 1.807) is 17.6 Å². The molecule has 0 unspecified atom stereocenters. The predicted molar refractivity (Wildman–Crippen MR) is 114 cm³/mol. The first-order valence-electron chi connectivity index (χ1n) is 10.9. The summed E-state index contributed by atoms with van der Waals surface area (Å²) < 4.78 is 22.1. The molecule has 6 rings (SSSR count). The quantitative estimate of drug-likeness (QED) is 0.468. The van der Waals surface area contributed by atoms with Crippen LogP contribution in [-0.2, 0) is 47.7 Å². The lowest BCUT2D eigenvalue weighted by Gasteiger charge is -2.31. The molecule has 3 N–H and O–H groups in total. The predicted octanol–water partition coefficient (Wildman–Crippen LogP) is 2.17. The van der Waals surface area contributed by atoms with Crippen LogP contribution in [0.5, 0.6) is 0 Å². The fourth-order valence-corrected chi connectivity index (χ4v) is 5.55. The molecule has 2 aliphatic heterocycles. The van der Waals surface area contributed by atoms with E-state index in [2.05, 4.69) is 0 Å². The van der Waals surface area contributed by atoms with Gasteiger partial charge < -0.3 is 20.1 Å². The van der Waals surface area contributed by atoms with Crippen molar-refractivity contribution in [3.8, 4) is 11.4 Å². The minimum Gasteiger partial charge on any atom is -0.458 e. The van der Waals surface area contributed by atoms with Gasteiger partial charge in [-0.2, -0.15) is 0 Å². The summed E-state index contributed by atoms with van der Waals surface area (Å²) in [4.78, 5) is 30.4. The number of pyridine rings is 2. The Balaban J connectivity index is 1.67. The lowest BCUT2D eigenvalue weighted by molar-refractivity contribution is -0.172. The van der Waals surface area contributed by atoms with E-state index in [0.717, 1.165) is 24.0 Å². The summed E-state index contributed by atoms with van der Waals surface area (Å²) in [5, 5.41) is 11.4. The molecule has 2 aromatic heterocycles. The van der Waals surface area contributed by atoms with Crippen LogP contribution < -0.4 is 11.3 Å². The third kappa shape index (κ3) is 2.28. The van der Waals surface area contributed by atoms with E-state index in [9.17, 15) is 14.7 Å². The van der Waals surface area contributed by atoms with Crippen LogP contribution in [0.2, 0.25) is 0 Å². The van der Waals surface area contributed by atoms with Crippen LogP contribution in [0.1, 0.15) is 53.1 Å². The minimum absolute atomic E-state index is 0.0745. The van der Waals surface area contributed by atoms with Crippen molar-refractivity contribution >= 4 is 16.9 Å². The smallest absolute Gasteiger partial charge is 0.343 e. The summed E-state index contributed by atoms with van der Waals surface area (Å²) in [7, 11) is 0. The zero-order valence-electron chi connectivity index (χ0n) is 17.6. The number of benzene rings is 1. The molecule has 4 heterocycles. The molecule has 1 aliphatic carbocycles. The molecule has 1 atom stereocenters. The van der Waals surface area contributed by atoms with Crippen molar-refractivity contribution in [3.63, 3.8) is 0 Å². The van der Waals surface area contributed by atoms with Crippen molar-refractivity contribution in [1.82, 2.24) is 9.55 Å². The van der Waals surface area contributed by atoms with Gasteiger partial charge in [0.05, 0.1) is 29.0 Å². The van der Waals surface area contributed by atoms with Crippen LogP contribution >= 0.6 is 0 Å². The number of esters is 1. The number of rotatable bonds is 2. The van der Waals surface area contributed by atoms with Crippen molar-refractivity contribution in [3.05, 3.63) is 61.7 Å². The number of aryl methyl sites for hydroxylation is 1. The molecule has 3 aliphatic rings. The summed E-state index contributed by atoms with van der Waals surface area (Å²) in [6.45, 7) is 1.80. The molecule has 0 fully saturated rings. The summed E-state index contributed by atoms with van der Waals surface area (Å²) >= 11 is 0. The van der Waals surface area contributed by atoms with Gasteiger partial charge in [-0.25, -0.2) is 14.2 Å². The molecule has 7 nitrogen and oxygen atoms in total. The second-order valence-corrected chi connectivity index (χ2v) is 8.80. The SMILES string of the molecule is CC[C@@]1(O)C(=O)OCc2c1cc1n(c2=O)Cc2c-1nc1cc3c(c(F)c1c2CN)CCC3. The maximum atomic E-state index is 15.5. The van der Waals surface area contributed by atoms with Crippen LogP contribution in [0.3, 0.4) is 0 Å². The normalized spacial score (nSPS) is 20.7. The highest BCUT2D eigenvalue weighted by atomic mass is 19.1. The molecule has 0 saturated heterocycles. The summed E-state index contributed by atoms with van der Waals surface area (Å²) in [5.74, 6) is -1.02.